The highest BCUT2D eigenvalue weighted by molar-refractivity contribution is 7.22. The van der Waals surface area contributed by atoms with E-state index in [2.05, 4.69) is 4.98 Å². The molecular weight excluding hydrogens is 396 g/mol. The van der Waals surface area contributed by atoms with Gasteiger partial charge in [-0.15, -0.1) is 12.4 Å². The number of benzene rings is 2. The van der Waals surface area contributed by atoms with E-state index in [1.165, 1.54) is 23.5 Å². The van der Waals surface area contributed by atoms with Crippen molar-refractivity contribution < 1.29 is 9.18 Å². The molecule has 1 aromatic heterocycles. The van der Waals surface area contributed by atoms with E-state index >= 15 is 0 Å². The Morgan fingerprint density at radius 1 is 1.15 bits per heavy atom. The lowest BCUT2D eigenvalue weighted by Gasteiger charge is -2.22. The number of halogens is 3. The fourth-order valence-corrected chi connectivity index (χ4v) is 3.47. The summed E-state index contributed by atoms with van der Waals surface area (Å²) < 4.78 is 14.2. The Hall–Kier alpha value is -1.73. The summed E-state index contributed by atoms with van der Waals surface area (Å²) in [7, 11) is 3.89. The van der Waals surface area contributed by atoms with Crippen molar-refractivity contribution in [2.45, 2.75) is 0 Å². The highest BCUT2D eigenvalue weighted by Crippen LogP contribution is 2.30. The van der Waals surface area contributed by atoms with E-state index in [0.717, 1.165) is 0 Å². The first-order chi connectivity index (χ1) is 11.9. The highest BCUT2D eigenvalue weighted by Gasteiger charge is 2.21. The summed E-state index contributed by atoms with van der Waals surface area (Å²) in [6.07, 6.45) is 0. The van der Waals surface area contributed by atoms with Crippen LogP contribution in [-0.2, 0) is 0 Å². The molecule has 0 radical (unpaired) electrons. The molecule has 0 fully saturated rings. The number of rotatable bonds is 5. The Labute approximate surface area is 166 Å². The zero-order valence-corrected chi connectivity index (χ0v) is 16.7. The van der Waals surface area contributed by atoms with Gasteiger partial charge in [-0.1, -0.05) is 22.9 Å². The molecule has 0 saturated carbocycles. The maximum atomic E-state index is 13.4. The van der Waals surface area contributed by atoms with Gasteiger partial charge in [0.25, 0.3) is 5.91 Å². The Morgan fingerprint density at radius 3 is 2.50 bits per heavy atom. The molecule has 138 valence electrons. The maximum absolute atomic E-state index is 13.4. The minimum absolute atomic E-state index is 0. The van der Waals surface area contributed by atoms with E-state index in [4.69, 9.17) is 11.6 Å². The first kappa shape index (κ1) is 20.6. The lowest BCUT2D eigenvalue weighted by molar-refractivity contribution is 0.0985. The normalized spacial score (nSPS) is 10.8. The molecule has 3 rings (SSSR count). The molecule has 0 aliphatic heterocycles. The second kappa shape index (κ2) is 8.77. The van der Waals surface area contributed by atoms with E-state index in [1.54, 1.807) is 35.2 Å². The zero-order chi connectivity index (χ0) is 18.0. The monoisotopic (exact) mass is 413 g/mol. The molecule has 8 heteroatoms. The number of likely N-dealkylation sites (N-methyl/N-ethyl adjacent to an activating group) is 1. The van der Waals surface area contributed by atoms with Gasteiger partial charge < -0.3 is 4.90 Å². The van der Waals surface area contributed by atoms with E-state index in [1.807, 2.05) is 19.0 Å². The summed E-state index contributed by atoms with van der Waals surface area (Å²) >= 11 is 7.21. The summed E-state index contributed by atoms with van der Waals surface area (Å²) in [6.45, 7) is 1.17. The van der Waals surface area contributed by atoms with Gasteiger partial charge >= 0.3 is 0 Å². The zero-order valence-electron chi connectivity index (χ0n) is 14.3. The third kappa shape index (κ3) is 4.71. The van der Waals surface area contributed by atoms with Crippen LogP contribution in [0.15, 0.2) is 42.5 Å². The van der Waals surface area contributed by atoms with Crippen LogP contribution in [0.4, 0.5) is 9.52 Å². The van der Waals surface area contributed by atoms with Gasteiger partial charge in [0.05, 0.1) is 10.2 Å². The molecule has 1 amide bonds. The van der Waals surface area contributed by atoms with Crippen molar-refractivity contribution in [1.29, 1.82) is 0 Å². The number of fused-ring (bicyclic) bond motifs is 1. The van der Waals surface area contributed by atoms with Gasteiger partial charge in [-0.2, -0.15) is 0 Å². The van der Waals surface area contributed by atoms with E-state index in [-0.39, 0.29) is 24.1 Å². The first-order valence-corrected chi connectivity index (χ1v) is 8.92. The van der Waals surface area contributed by atoms with Crippen LogP contribution in [0.2, 0.25) is 5.02 Å². The summed E-state index contributed by atoms with van der Waals surface area (Å²) in [5.41, 5.74) is 1.22. The Morgan fingerprint density at radius 2 is 1.85 bits per heavy atom. The van der Waals surface area contributed by atoms with Crippen molar-refractivity contribution in [3.63, 3.8) is 0 Å². The van der Waals surface area contributed by atoms with Crippen molar-refractivity contribution in [2.24, 2.45) is 0 Å². The molecule has 2 aromatic carbocycles. The maximum Gasteiger partial charge on any atom is 0.260 e. The van der Waals surface area contributed by atoms with E-state index in [9.17, 15) is 9.18 Å². The van der Waals surface area contributed by atoms with Crippen molar-refractivity contribution in [3.05, 3.63) is 58.9 Å². The van der Waals surface area contributed by atoms with Crippen LogP contribution in [0.1, 0.15) is 10.4 Å². The number of amides is 1. The second-order valence-electron chi connectivity index (χ2n) is 5.88. The standard InChI is InChI=1S/C18H17ClFN3OS.ClH/c1-22(2)9-10-23(17(24)12-3-5-13(19)6-4-12)18-21-15-8-7-14(20)11-16(15)25-18;/h3-8,11H,9-10H2,1-2H3;1H. The van der Waals surface area contributed by atoms with Gasteiger partial charge in [0, 0.05) is 23.7 Å². The predicted octanol–water partition coefficient (Wildman–Crippen LogP) is 4.72. The van der Waals surface area contributed by atoms with Gasteiger partial charge in [0.15, 0.2) is 5.13 Å². The molecule has 0 saturated heterocycles. The van der Waals surface area contributed by atoms with Crippen LogP contribution >= 0.6 is 35.3 Å². The Bertz CT molecular complexity index is 899. The lowest BCUT2D eigenvalue weighted by atomic mass is 10.2. The molecule has 26 heavy (non-hydrogen) atoms. The third-order valence-electron chi connectivity index (χ3n) is 3.68. The quantitative estimate of drug-likeness (QED) is 0.606. The predicted molar refractivity (Wildman–Crippen MR) is 109 cm³/mol. The number of thiazole rings is 1. The van der Waals surface area contributed by atoms with Crippen molar-refractivity contribution in [1.82, 2.24) is 9.88 Å². The van der Waals surface area contributed by atoms with Crippen LogP contribution < -0.4 is 4.90 Å². The molecule has 1 heterocycles. The lowest BCUT2D eigenvalue weighted by Crippen LogP contribution is -2.36. The van der Waals surface area contributed by atoms with Crippen LogP contribution in [0, 0.1) is 5.82 Å². The highest BCUT2D eigenvalue weighted by atomic mass is 35.5. The molecule has 0 aliphatic carbocycles. The second-order valence-corrected chi connectivity index (χ2v) is 7.32. The molecule has 3 aromatic rings. The summed E-state index contributed by atoms with van der Waals surface area (Å²) in [5, 5.41) is 1.13. The fraction of sp³-hybridized carbons (Fsp3) is 0.222. The molecule has 0 atom stereocenters. The van der Waals surface area contributed by atoms with Gasteiger partial charge in [-0.3, -0.25) is 9.69 Å². The van der Waals surface area contributed by atoms with Crippen molar-refractivity contribution in [3.8, 4) is 0 Å². The number of nitrogens with zero attached hydrogens (tertiary/aromatic N) is 3. The molecule has 4 nitrogen and oxygen atoms in total. The average Bonchev–Trinajstić information content (AvgIpc) is 2.98. The van der Waals surface area contributed by atoms with Crippen LogP contribution in [0.3, 0.4) is 0 Å². The van der Waals surface area contributed by atoms with E-state index < -0.39 is 0 Å². The first-order valence-electron chi connectivity index (χ1n) is 7.72. The number of carbonyl (C=O) groups is 1. The Balaban J connectivity index is 0.00000243. The molecule has 0 spiro atoms. The average molecular weight is 414 g/mol. The summed E-state index contributed by atoms with van der Waals surface area (Å²) in [4.78, 5) is 21.1. The Kier molecular flexibility index (Phi) is 6.94. The SMILES string of the molecule is CN(C)CCN(C(=O)c1ccc(Cl)cc1)c1nc2ccc(F)cc2s1.Cl. The van der Waals surface area contributed by atoms with Gasteiger partial charge in [-0.05, 0) is 56.6 Å². The van der Waals surface area contributed by atoms with Crippen molar-refractivity contribution in [2.75, 3.05) is 32.1 Å². The van der Waals surface area contributed by atoms with Crippen LogP contribution in [-0.4, -0.2) is 43.0 Å². The number of anilines is 1. The van der Waals surface area contributed by atoms with Gasteiger partial charge in [0.1, 0.15) is 5.82 Å². The fourth-order valence-electron chi connectivity index (χ4n) is 2.33. The number of hydrogen-bond donors (Lipinski definition) is 0. The van der Waals surface area contributed by atoms with Gasteiger partial charge in [-0.25, -0.2) is 9.37 Å². The summed E-state index contributed by atoms with van der Waals surface area (Å²) in [6, 6.07) is 11.2. The van der Waals surface area contributed by atoms with Crippen LogP contribution in [0.25, 0.3) is 10.2 Å². The van der Waals surface area contributed by atoms with E-state index in [0.29, 0.717) is 39.0 Å². The number of aromatic nitrogens is 1. The topological polar surface area (TPSA) is 36.4 Å². The van der Waals surface area contributed by atoms with Gasteiger partial charge in [0.2, 0.25) is 0 Å². The molecular formula is C18H18Cl2FN3OS. The summed E-state index contributed by atoms with van der Waals surface area (Å²) in [5.74, 6) is -0.468. The number of hydrogen-bond acceptors (Lipinski definition) is 4. The van der Waals surface area contributed by atoms with Crippen molar-refractivity contribution >= 4 is 56.6 Å². The third-order valence-corrected chi connectivity index (χ3v) is 4.97. The molecule has 0 unspecified atom stereocenters. The smallest absolute Gasteiger partial charge is 0.260 e. The minimum Gasteiger partial charge on any atom is -0.308 e. The largest absolute Gasteiger partial charge is 0.308 e. The molecule has 0 bridgehead atoms. The number of carbonyl (C=O) groups excluding carboxylic acids is 1. The molecule has 0 aliphatic rings. The van der Waals surface area contributed by atoms with Crippen LogP contribution in [0.5, 0.6) is 0 Å². The molecule has 0 N–H and O–H groups in total. The minimum atomic E-state index is -0.313.